The van der Waals surface area contributed by atoms with E-state index in [4.69, 9.17) is 0 Å². The predicted molar refractivity (Wildman–Crippen MR) is 84.3 cm³/mol. The van der Waals surface area contributed by atoms with E-state index < -0.39 is 0 Å². The van der Waals surface area contributed by atoms with Crippen LogP contribution in [0.3, 0.4) is 0 Å². The van der Waals surface area contributed by atoms with Crippen molar-refractivity contribution in [3.8, 4) is 0 Å². The van der Waals surface area contributed by atoms with Crippen LogP contribution < -0.4 is 4.90 Å². The molecular formula is C17H24N2O2. The van der Waals surface area contributed by atoms with E-state index in [9.17, 15) is 9.59 Å². The van der Waals surface area contributed by atoms with E-state index in [2.05, 4.69) is 6.07 Å². The van der Waals surface area contributed by atoms with Crippen molar-refractivity contribution in [1.29, 1.82) is 0 Å². The average molecular weight is 288 g/mol. The van der Waals surface area contributed by atoms with Gasteiger partial charge < -0.3 is 9.80 Å². The lowest BCUT2D eigenvalue weighted by molar-refractivity contribution is -0.135. The SMILES string of the molecule is Cc1cc(C)cc(N2C[C@H](C(=O)N(C)C(C)C)CC2=O)c1. The smallest absolute Gasteiger partial charge is 0.227 e. The minimum atomic E-state index is -0.231. The zero-order chi connectivity index (χ0) is 15.7. The molecule has 0 bridgehead atoms. The summed E-state index contributed by atoms with van der Waals surface area (Å²) >= 11 is 0. The number of hydrogen-bond acceptors (Lipinski definition) is 2. The molecule has 1 aromatic rings. The molecule has 0 unspecified atom stereocenters. The first-order valence-corrected chi connectivity index (χ1v) is 7.45. The lowest BCUT2D eigenvalue weighted by Crippen LogP contribution is -2.38. The van der Waals surface area contributed by atoms with Crippen molar-refractivity contribution in [2.75, 3.05) is 18.5 Å². The van der Waals surface area contributed by atoms with Crippen LogP contribution in [0.2, 0.25) is 0 Å². The molecule has 0 N–H and O–H groups in total. The van der Waals surface area contributed by atoms with Crippen molar-refractivity contribution in [3.63, 3.8) is 0 Å². The van der Waals surface area contributed by atoms with E-state index in [-0.39, 0.29) is 23.8 Å². The van der Waals surface area contributed by atoms with Crippen LogP contribution in [-0.4, -0.2) is 36.3 Å². The van der Waals surface area contributed by atoms with Gasteiger partial charge in [-0.25, -0.2) is 0 Å². The van der Waals surface area contributed by atoms with E-state index in [1.165, 1.54) is 0 Å². The second-order valence-corrected chi connectivity index (χ2v) is 6.29. The number of benzene rings is 1. The Morgan fingerprint density at radius 1 is 1.24 bits per heavy atom. The van der Waals surface area contributed by atoms with Crippen LogP contribution >= 0.6 is 0 Å². The summed E-state index contributed by atoms with van der Waals surface area (Å²) in [5.41, 5.74) is 3.17. The molecule has 1 aromatic carbocycles. The summed E-state index contributed by atoms with van der Waals surface area (Å²) in [4.78, 5) is 28.1. The maximum absolute atomic E-state index is 12.4. The number of hydrogen-bond donors (Lipinski definition) is 0. The van der Waals surface area contributed by atoms with E-state index in [0.717, 1.165) is 16.8 Å². The fourth-order valence-electron chi connectivity index (χ4n) is 2.77. The molecule has 0 saturated carbocycles. The molecule has 0 aromatic heterocycles. The number of anilines is 1. The van der Waals surface area contributed by atoms with Crippen LogP contribution in [-0.2, 0) is 9.59 Å². The number of rotatable bonds is 3. The van der Waals surface area contributed by atoms with Gasteiger partial charge in [-0.05, 0) is 51.0 Å². The van der Waals surface area contributed by atoms with Crippen molar-refractivity contribution >= 4 is 17.5 Å². The topological polar surface area (TPSA) is 40.6 Å². The highest BCUT2D eigenvalue weighted by molar-refractivity contribution is 6.00. The lowest BCUT2D eigenvalue weighted by atomic mass is 10.1. The van der Waals surface area contributed by atoms with Gasteiger partial charge >= 0.3 is 0 Å². The van der Waals surface area contributed by atoms with Gasteiger partial charge in [0.15, 0.2) is 0 Å². The van der Waals surface area contributed by atoms with Crippen molar-refractivity contribution in [3.05, 3.63) is 29.3 Å². The molecule has 4 nitrogen and oxygen atoms in total. The van der Waals surface area contributed by atoms with Crippen LogP contribution in [0, 0.1) is 19.8 Å². The second kappa shape index (κ2) is 5.88. The summed E-state index contributed by atoms with van der Waals surface area (Å²) in [6.45, 7) is 8.49. The average Bonchev–Trinajstić information content (AvgIpc) is 2.77. The Balaban J connectivity index is 2.18. The molecular weight excluding hydrogens is 264 g/mol. The molecule has 2 amide bonds. The lowest BCUT2D eigenvalue weighted by Gasteiger charge is -2.25. The summed E-state index contributed by atoms with van der Waals surface area (Å²) in [6.07, 6.45) is 0.308. The summed E-state index contributed by atoms with van der Waals surface area (Å²) in [5.74, 6) is -0.133. The van der Waals surface area contributed by atoms with Gasteiger partial charge in [0.2, 0.25) is 11.8 Å². The van der Waals surface area contributed by atoms with E-state index in [0.29, 0.717) is 13.0 Å². The highest BCUT2D eigenvalue weighted by atomic mass is 16.2. The first kappa shape index (κ1) is 15.5. The highest BCUT2D eigenvalue weighted by Crippen LogP contribution is 2.28. The largest absolute Gasteiger partial charge is 0.343 e. The van der Waals surface area contributed by atoms with Crippen molar-refractivity contribution in [1.82, 2.24) is 4.90 Å². The zero-order valence-electron chi connectivity index (χ0n) is 13.5. The van der Waals surface area contributed by atoms with Crippen LogP contribution in [0.4, 0.5) is 5.69 Å². The fourth-order valence-corrected chi connectivity index (χ4v) is 2.77. The van der Waals surface area contributed by atoms with Gasteiger partial charge in [-0.15, -0.1) is 0 Å². The zero-order valence-corrected chi connectivity index (χ0v) is 13.5. The van der Waals surface area contributed by atoms with E-state index >= 15 is 0 Å². The maximum atomic E-state index is 12.4. The molecule has 114 valence electrons. The molecule has 1 fully saturated rings. The Labute approximate surface area is 126 Å². The summed E-state index contributed by atoms with van der Waals surface area (Å²) < 4.78 is 0. The summed E-state index contributed by atoms with van der Waals surface area (Å²) in [6, 6.07) is 6.25. The molecule has 2 rings (SSSR count). The third-order valence-electron chi connectivity index (χ3n) is 4.11. The predicted octanol–water partition coefficient (Wildman–Crippen LogP) is 2.52. The Morgan fingerprint density at radius 2 is 1.81 bits per heavy atom. The van der Waals surface area contributed by atoms with Crippen molar-refractivity contribution in [2.24, 2.45) is 5.92 Å². The normalized spacial score (nSPS) is 18.5. The number of carbonyl (C=O) groups excluding carboxylic acids is 2. The third-order valence-corrected chi connectivity index (χ3v) is 4.11. The van der Waals surface area contributed by atoms with Gasteiger partial charge in [-0.2, -0.15) is 0 Å². The molecule has 21 heavy (non-hydrogen) atoms. The quantitative estimate of drug-likeness (QED) is 0.857. The molecule has 1 aliphatic rings. The van der Waals surface area contributed by atoms with Crippen molar-refractivity contribution < 1.29 is 9.59 Å². The Bertz CT molecular complexity index is 546. The standard InChI is InChI=1S/C17H24N2O2/c1-11(2)18(5)17(21)14-9-16(20)19(10-14)15-7-12(3)6-13(4)8-15/h6-8,11,14H,9-10H2,1-5H3/t14-/m1/s1. The second-order valence-electron chi connectivity index (χ2n) is 6.29. The number of carbonyl (C=O) groups is 2. The Hall–Kier alpha value is -1.84. The first-order valence-electron chi connectivity index (χ1n) is 7.45. The van der Waals surface area contributed by atoms with Crippen molar-refractivity contribution in [2.45, 2.75) is 40.2 Å². The van der Waals surface area contributed by atoms with E-state index in [1.807, 2.05) is 39.8 Å². The minimum Gasteiger partial charge on any atom is -0.343 e. The number of nitrogens with zero attached hydrogens (tertiary/aromatic N) is 2. The van der Waals surface area contributed by atoms with Crippen LogP contribution in [0.15, 0.2) is 18.2 Å². The van der Waals surface area contributed by atoms with Gasteiger partial charge in [0, 0.05) is 31.7 Å². The minimum absolute atomic E-state index is 0.0375. The molecule has 1 aliphatic heterocycles. The monoisotopic (exact) mass is 288 g/mol. The summed E-state index contributed by atoms with van der Waals surface area (Å²) in [5, 5.41) is 0. The molecule has 0 aliphatic carbocycles. The molecule has 0 radical (unpaired) electrons. The molecule has 1 saturated heterocycles. The molecule has 1 atom stereocenters. The van der Waals surface area contributed by atoms with Crippen LogP contribution in [0.1, 0.15) is 31.4 Å². The maximum Gasteiger partial charge on any atom is 0.227 e. The Morgan fingerprint density at radius 3 is 2.33 bits per heavy atom. The number of aryl methyl sites for hydroxylation is 2. The van der Waals surface area contributed by atoms with Crippen LogP contribution in [0.5, 0.6) is 0 Å². The van der Waals surface area contributed by atoms with Gasteiger partial charge in [-0.3, -0.25) is 9.59 Å². The highest BCUT2D eigenvalue weighted by Gasteiger charge is 2.36. The van der Waals surface area contributed by atoms with E-state index in [1.54, 1.807) is 16.8 Å². The molecule has 0 spiro atoms. The van der Waals surface area contributed by atoms with Gasteiger partial charge in [0.05, 0.1) is 5.92 Å². The number of amides is 2. The third kappa shape index (κ3) is 3.26. The Kier molecular flexibility index (Phi) is 4.35. The summed E-state index contributed by atoms with van der Waals surface area (Å²) in [7, 11) is 1.80. The van der Waals surface area contributed by atoms with Gasteiger partial charge in [-0.1, -0.05) is 6.07 Å². The fraction of sp³-hybridized carbons (Fsp3) is 0.529. The van der Waals surface area contributed by atoms with Gasteiger partial charge in [0.1, 0.15) is 0 Å². The first-order chi connectivity index (χ1) is 9.79. The molecule has 1 heterocycles. The van der Waals surface area contributed by atoms with Gasteiger partial charge in [0.25, 0.3) is 0 Å². The molecule has 4 heteroatoms. The van der Waals surface area contributed by atoms with Crippen LogP contribution in [0.25, 0.3) is 0 Å².